The molecule has 2 heterocycles. The van der Waals surface area contributed by atoms with Crippen molar-refractivity contribution in [2.45, 2.75) is 26.3 Å². The Kier molecular flexibility index (Phi) is 5.32. The number of amides is 1. The van der Waals surface area contributed by atoms with Gasteiger partial charge in [0.15, 0.2) is 0 Å². The van der Waals surface area contributed by atoms with E-state index >= 15 is 0 Å². The van der Waals surface area contributed by atoms with Gasteiger partial charge in [-0.2, -0.15) is 5.10 Å². The van der Waals surface area contributed by atoms with Crippen molar-refractivity contribution in [3.8, 4) is 0 Å². The van der Waals surface area contributed by atoms with Gasteiger partial charge in [0.05, 0.1) is 25.0 Å². The average Bonchev–Trinajstić information content (AvgIpc) is 3.09. The van der Waals surface area contributed by atoms with E-state index in [9.17, 15) is 9.59 Å². The molecule has 1 aliphatic heterocycles. The van der Waals surface area contributed by atoms with Gasteiger partial charge in [-0.25, -0.2) is 4.79 Å². The van der Waals surface area contributed by atoms with Crippen LogP contribution in [0.3, 0.4) is 0 Å². The molecule has 7 nitrogen and oxygen atoms in total. The number of rotatable bonds is 6. The van der Waals surface area contributed by atoms with E-state index in [1.165, 1.54) is 6.20 Å². The summed E-state index contributed by atoms with van der Waals surface area (Å²) in [5, 5.41) is 7.16. The van der Waals surface area contributed by atoms with E-state index in [0.29, 0.717) is 18.7 Å². The third kappa shape index (κ3) is 3.81. The summed E-state index contributed by atoms with van der Waals surface area (Å²) in [7, 11) is 1.77. The second-order valence-electron chi connectivity index (χ2n) is 5.04. The zero-order valence-electron chi connectivity index (χ0n) is 12.6. The maximum Gasteiger partial charge on any atom is 0.341 e. The molecule has 0 radical (unpaired) electrons. The van der Waals surface area contributed by atoms with Crippen LogP contribution in [0.1, 0.15) is 35.8 Å². The highest BCUT2D eigenvalue weighted by molar-refractivity contribution is 5.90. The molecule has 116 valence electrons. The molecular formula is C14H22N4O3. The molecule has 1 fully saturated rings. The SMILES string of the molecule is CCOC(=O)c1cnn(C)c1CNCC(=O)N1CCCC1. The third-order valence-electron chi connectivity index (χ3n) is 3.58. The van der Waals surface area contributed by atoms with Crippen LogP contribution in [0.4, 0.5) is 0 Å². The molecule has 7 heteroatoms. The summed E-state index contributed by atoms with van der Waals surface area (Å²) in [4.78, 5) is 25.6. The highest BCUT2D eigenvalue weighted by Gasteiger charge is 2.19. The van der Waals surface area contributed by atoms with E-state index in [1.807, 2.05) is 4.90 Å². The second-order valence-corrected chi connectivity index (χ2v) is 5.04. The molecule has 0 unspecified atom stereocenters. The Morgan fingerprint density at radius 2 is 2.10 bits per heavy atom. The Morgan fingerprint density at radius 3 is 2.76 bits per heavy atom. The maximum absolute atomic E-state index is 11.9. The van der Waals surface area contributed by atoms with Crippen molar-refractivity contribution in [2.75, 3.05) is 26.2 Å². The highest BCUT2D eigenvalue weighted by atomic mass is 16.5. The largest absolute Gasteiger partial charge is 0.462 e. The summed E-state index contributed by atoms with van der Waals surface area (Å²) in [5.41, 5.74) is 1.17. The smallest absolute Gasteiger partial charge is 0.341 e. The van der Waals surface area contributed by atoms with Crippen LogP contribution >= 0.6 is 0 Å². The molecule has 1 N–H and O–H groups in total. The topological polar surface area (TPSA) is 76.5 Å². The van der Waals surface area contributed by atoms with Crippen LogP contribution in [-0.4, -0.2) is 52.8 Å². The molecule has 0 aromatic carbocycles. The van der Waals surface area contributed by atoms with E-state index in [0.717, 1.165) is 31.6 Å². The summed E-state index contributed by atoms with van der Waals surface area (Å²) < 4.78 is 6.62. The fourth-order valence-corrected chi connectivity index (χ4v) is 2.42. The van der Waals surface area contributed by atoms with Gasteiger partial charge < -0.3 is 15.0 Å². The normalized spacial score (nSPS) is 14.5. The molecule has 1 aliphatic rings. The molecule has 0 aliphatic carbocycles. The third-order valence-corrected chi connectivity index (χ3v) is 3.58. The Morgan fingerprint density at radius 1 is 1.38 bits per heavy atom. The average molecular weight is 294 g/mol. The highest BCUT2D eigenvalue weighted by Crippen LogP contribution is 2.10. The van der Waals surface area contributed by atoms with Crippen LogP contribution in [0.25, 0.3) is 0 Å². The number of hydrogen-bond donors (Lipinski definition) is 1. The number of aryl methyl sites for hydroxylation is 1. The number of esters is 1. The predicted molar refractivity (Wildman–Crippen MR) is 76.7 cm³/mol. The first-order chi connectivity index (χ1) is 10.1. The van der Waals surface area contributed by atoms with E-state index in [4.69, 9.17) is 4.74 Å². The Labute approximate surface area is 124 Å². The van der Waals surface area contributed by atoms with Crippen molar-refractivity contribution < 1.29 is 14.3 Å². The van der Waals surface area contributed by atoms with Gasteiger partial charge in [0.25, 0.3) is 0 Å². The Bertz CT molecular complexity index is 506. The van der Waals surface area contributed by atoms with Crippen LogP contribution in [0.5, 0.6) is 0 Å². The standard InChI is InChI=1S/C14H22N4O3/c1-3-21-14(20)11-8-16-17(2)12(11)9-15-10-13(19)18-6-4-5-7-18/h8,15H,3-7,9-10H2,1-2H3. The van der Waals surface area contributed by atoms with Crippen LogP contribution in [0.2, 0.25) is 0 Å². The van der Waals surface area contributed by atoms with Crippen molar-refractivity contribution in [1.82, 2.24) is 20.0 Å². The van der Waals surface area contributed by atoms with E-state index in [2.05, 4.69) is 10.4 Å². The monoisotopic (exact) mass is 294 g/mol. The molecule has 0 atom stereocenters. The Balaban J connectivity index is 1.89. The van der Waals surface area contributed by atoms with Gasteiger partial charge >= 0.3 is 5.97 Å². The number of aromatic nitrogens is 2. The summed E-state index contributed by atoms with van der Waals surface area (Å²) in [6, 6.07) is 0. The molecule has 21 heavy (non-hydrogen) atoms. The maximum atomic E-state index is 11.9. The van der Waals surface area contributed by atoms with E-state index in [1.54, 1.807) is 18.7 Å². The number of carbonyl (C=O) groups is 2. The fourth-order valence-electron chi connectivity index (χ4n) is 2.42. The van der Waals surface area contributed by atoms with Crippen molar-refractivity contribution in [1.29, 1.82) is 0 Å². The molecular weight excluding hydrogens is 272 g/mol. The lowest BCUT2D eigenvalue weighted by molar-refractivity contribution is -0.129. The first-order valence-corrected chi connectivity index (χ1v) is 7.30. The van der Waals surface area contributed by atoms with Gasteiger partial charge in [0, 0.05) is 26.7 Å². The first-order valence-electron chi connectivity index (χ1n) is 7.30. The van der Waals surface area contributed by atoms with Crippen LogP contribution < -0.4 is 5.32 Å². The van der Waals surface area contributed by atoms with Gasteiger partial charge in [-0.1, -0.05) is 0 Å². The minimum atomic E-state index is -0.381. The van der Waals surface area contributed by atoms with Gasteiger partial charge in [-0.15, -0.1) is 0 Å². The van der Waals surface area contributed by atoms with Crippen molar-refractivity contribution in [3.05, 3.63) is 17.5 Å². The second kappa shape index (κ2) is 7.21. The molecule has 1 aromatic heterocycles. The molecule has 2 rings (SSSR count). The minimum absolute atomic E-state index is 0.104. The van der Waals surface area contributed by atoms with Crippen molar-refractivity contribution in [3.63, 3.8) is 0 Å². The van der Waals surface area contributed by atoms with Gasteiger partial charge in [0.1, 0.15) is 5.56 Å². The number of nitrogens with one attached hydrogen (secondary N) is 1. The number of likely N-dealkylation sites (tertiary alicyclic amines) is 1. The molecule has 0 spiro atoms. The minimum Gasteiger partial charge on any atom is -0.462 e. The van der Waals surface area contributed by atoms with E-state index < -0.39 is 0 Å². The van der Waals surface area contributed by atoms with Gasteiger partial charge in [-0.3, -0.25) is 9.48 Å². The fraction of sp³-hybridized carbons (Fsp3) is 0.643. The lowest BCUT2D eigenvalue weighted by Crippen LogP contribution is -2.36. The lowest BCUT2D eigenvalue weighted by atomic mass is 10.2. The zero-order valence-corrected chi connectivity index (χ0v) is 12.6. The first kappa shape index (κ1) is 15.5. The summed E-state index contributed by atoms with van der Waals surface area (Å²) in [6.45, 7) is 4.47. The quantitative estimate of drug-likeness (QED) is 0.764. The van der Waals surface area contributed by atoms with E-state index in [-0.39, 0.29) is 18.4 Å². The number of carbonyl (C=O) groups excluding carboxylic acids is 2. The summed E-state index contributed by atoms with van der Waals surface area (Å²) in [5.74, 6) is -0.277. The van der Waals surface area contributed by atoms with Crippen molar-refractivity contribution >= 4 is 11.9 Å². The molecule has 0 bridgehead atoms. The molecule has 0 saturated carbocycles. The molecule has 1 saturated heterocycles. The van der Waals surface area contributed by atoms with Crippen LogP contribution in [0, 0.1) is 0 Å². The number of hydrogen-bond acceptors (Lipinski definition) is 5. The lowest BCUT2D eigenvalue weighted by Gasteiger charge is -2.15. The summed E-state index contributed by atoms with van der Waals surface area (Å²) in [6.07, 6.45) is 3.66. The number of nitrogens with zero attached hydrogens (tertiary/aromatic N) is 3. The number of ether oxygens (including phenoxy) is 1. The zero-order chi connectivity index (χ0) is 15.2. The Hall–Kier alpha value is -1.89. The van der Waals surface area contributed by atoms with Gasteiger partial charge in [-0.05, 0) is 19.8 Å². The van der Waals surface area contributed by atoms with Crippen molar-refractivity contribution in [2.24, 2.45) is 7.05 Å². The predicted octanol–water partition coefficient (Wildman–Crippen LogP) is 0.309. The molecule has 1 aromatic rings. The van der Waals surface area contributed by atoms with Gasteiger partial charge in [0.2, 0.25) is 5.91 Å². The van der Waals surface area contributed by atoms with Crippen LogP contribution in [0.15, 0.2) is 6.20 Å². The summed E-state index contributed by atoms with van der Waals surface area (Å²) >= 11 is 0. The molecule has 1 amide bonds. The van der Waals surface area contributed by atoms with Crippen LogP contribution in [-0.2, 0) is 23.1 Å².